The summed E-state index contributed by atoms with van der Waals surface area (Å²) in [4.78, 5) is 33.7. The Bertz CT molecular complexity index is 1540. The fourth-order valence-electron chi connectivity index (χ4n) is 5.11. The van der Waals surface area contributed by atoms with Gasteiger partial charge >= 0.3 is 0 Å². The standard InChI is InChI=1S/C30H30ClN3O5/c1-37-25-15-20(16-26(38-2)28(25)39-3)30(36)34-13-11-33(12-14-34)18-23-27(19-7-5-4-6-8-19)22-17-21(31)9-10-24(22)32-29(23)35/h4-10,15-17H,11-14,18H2,1-3H3,(H,32,35). The number of fused-ring (bicyclic) bond motifs is 1. The molecule has 1 amide bonds. The summed E-state index contributed by atoms with van der Waals surface area (Å²) in [7, 11) is 4.58. The Balaban J connectivity index is 1.39. The summed E-state index contributed by atoms with van der Waals surface area (Å²) in [6.45, 7) is 2.74. The van der Waals surface area contributed by atoms with Gasteiger partial charge in [-0.05, 0) is 35.9 Å². The number of hydrogen-bond acceptors (Lipinski definition) is 6. The minimum Gasteiger partial charge on any atom is -0.493 e. The smallest absolute Gasteiger partial charge is 0.254 e. The second-order valence-corrected chi connectivity index (χ2v) is 9.78. The van der Waals surface area contributed by atoms with Crippen LogP contribution in [-0.2, 0) is 6.54 Å². The number of pyridine rings is 1. The van der Waals surface area contributed by atoms with Crippen molar-refractivity contribution < 1.29 is 19.0 Å². The fourth-order valence-corrected chi connectivity index (χ4v) is 5.28. The highest BCUT2D eigenvalue weighted by molar-refractivity contribution is 6.31. The van der Waals surface area contributed by atoms with E-state index in [-0.39, 0.29) is 11.5 Å². The lowest BCUT2D eigenvalue weighted by Gasteiger charge is -2.35. The number of aromatic nitrogens is 1. The van der Waals surface area contributed by atoms with Crippen LogP contribution in [0.2, 0.25) is 5.02 Å². The predicted molar refractivity (Wildman–Crippen MR) is 152 cm³/mol. The number of nitrogens with one attached hydrogen (secondary N) is 1. The van der Waals surface area contributed by atoms with Crippen LogP contribution in [0.5, 0.6) is 17.2 Å². The molecule has 0 saturated carbocycles. The van der Waals surface area contributed by atoms with Crippen LogP contribution >= 0.6 is 11.6 Å². The Labute approximate surface area is 231 Å². The molecule has 0 bridgehead atoms. The quantitative estimate of drug-likeness (QED) is 0.357. The van der Waals surface area contributed by atoms with Crippen LogP contribution in [0.4, 0.5) is 0 Å². The van der Waals surface area contributed by atoms with Gasteiger partial charge in [0.2, 0.25) is 5.75 Å². The van der Waals surface area contributed by atoms with Gasteiger partial charge in [-0.15, -0.1) is 0 Å². The molecule has 2 heterocycles. The molecule has 1 aliphatic rings. The van der Waals surface area contributed by atoms with Crippen molar-refractivity contribution in [2.24, 2.45) is 0 Å². The van der Waals surface area contributed by atoms with Gasteiger partial charge in [0.1, 0.15) is 0 Å². The molecule has 0 radical (unpaired) electrons. The number of carbonyl (C=O) groups is 1. The number of piperazine rings is 1. The van der Waals surface area contributed by atoms with E-state index >= 15 is 0 Å². The summed E-state index contributed by atoms with van der Waals surface area (Å²) < 4.78 is 16.2. The number of carbonyl (C=O) groups excluding carboxylic acids is 1. The van der Waals surface area contributed by atoms with E-state index in [9.17, 15) is 9.59 Å². The topological polar surface area (TPSA) is 84.1 Å². The molecule has 0 aliphatic carbocycles. The van der Waals surface area contributed by atoms with E-state index < -0.39 is 0 Å². The first kappa shape index (κ1) is 26.6. The number of ether oxygens (including phenoxy) is 3. The minimum atomic E-state index is -0.125. The van der Waals surface area contributed by atoms with Gasteiger partial charge in [0.05, 0.1) is 21.3 Å². The Morgan fingerprint density at radius 1 is 0.897 bits per heavy atom. The van der Waals surface area contributed by atoms with Crippen LogP contribution in [0.3, 0.4) is 0 Å². The molecule has 202 valence electrons. The van der Waals surface area contributed by atoms with Gasteiger partial charge in [-0.3, -0.25) is 14.5 Å². The first-order valence-electron chi connectivity index (χ1n) is 12.6. The van der Waals surface area contributed by atoms with Crippen molar-refractivity contribution in [3.05, 3.63) is 87.2 Å². The molecule has 39 heavy (non-hydrogen) atoms. The van der Waals surface area contributed by atoms with Crippen molar-refractivity contribution in [1.82, 2.24) is 14.8 Å². The summed E-state index contributed by atoms with van der Waals surface area (Å²) in [6, 6.07) is 18.7. The van der Waals surface area contributed by atoms with Crippen LogP contribution < -0.4 is 19.8 Å². The summed E-state index contributed by atoms with van der Waals surface area (Å²) in [5.74, 6) is 1.19. The number of nitrogens with zero attached hydrogens (tertiary/aromatic N) is 2. The molecule has 3 aromatic carbocycles. The number of benzene rings is 3. The second-order valence-electron chi connectivity index (χ2n) is 9.35. The maximum atomic E-state index is 13.4. The van der Waals surface area contributed by atoms with Crippen molar-refractivity contribution in [3.63, 3.8) is 0 Å². The molecule has 4 aromatic rings. The lowest BCUT2D eigenvalue weighted by molar-refractivity contribution is 0.0627. The van der Waals surface area contributed by atoms with E-state index in [1.807, 2.05) is 42.5 Å². The summed E-state index contributed by atoms with van der Waals surface area (Å²) >= 11 is 6.35. The van der Waals surface area contributed by atoms with Gasteiger partial charge in [-0.2, -0.15) is 0 Å². The molecule has 0 spiro atoms. The molecule has 1 N–H and O–H groups in total. The molecule has 1 aromatic heterocycles. The molecule has 0 atom stereocenters. The SMILES string of the molecule is COc1cc(C(=O)N2CCN(Cc3c(-c4ccccc4)c4cc(Cl)ccc4[nH]c3=O)CC2)cc(OC)c1OC. The molecule has 1 fully saturated rings. The first-order chi connectivity index (χ1) is 18.9. The number of H-pyrrole nitrogens is 1. The number of hydrogen-bond donors (Lipinski definition) is 1. The van der Waals surface area contributed by atoms with Gasteiger partial charge < -0.3 is 24.1 Å². The molecule has 1 aliphatic heterocycles. The first-order valence-corrected chi connectivity index (χ1v) is 13.0. The molecule has 9 heteroatoms. The number of rotatable bonds is 7. The number of amides is 1. The van der Waals surface area contributed by atoms with E-state index in [1.54, 1.807) is 23.1 Å². The summed E-state index contributed by atoms with van der Waals surface area (Å²) in [5.41, 5.74) is 3.61. The van der Waals surface area contributed by atoms with E-state index in [1.165, 1.54) is 21.3 Å². The molecule has 5 rings (SSSR count). The number of methoxy groups -OCH3 is 3. The minimum absolute atomic E-state index is 0.114. The Morgan fingerprint density at radius 2 is 1.56 bits per heavy atom. The summed E-state index contributed by atoms with van der Waals surface area (Å²) in [5, 5.41) is 1.51. The van der Waals surface area contributed by atoms with Crippen molar-refractivity contribution in [2.75, 3.05) is 47.5 Å². The fraction of sp³-hybridized carbons (Fsp3) is 0.267. The lowest BCUT2D eigenvalue weighted by atomic mass is 9.95. The van der Waals surface area contributed by atoms with Crippen LogP contribution in [0.15, 0.2) is 65.5 Å². The molecule has 1 saturated heterocycles. The van der Waals surface area contributed by atoms with E-state index in [4.69, 9.17) is 25.8 Å². The highest BCUT2D eigenvalue weighted by Crippen LogP contribution is 2.38. The largest absolute Gasteiger partial charge is 0.493 e. The Morgan fingerprint density at radius 3 is 2.18 bits per heavy atom. The van der Waals surface area contributed by atoms with Gasteiger partial charge in [0.25, 0.3) is 11.5 Å². The molecular formula is C30H30ClN3O5. The zero-order valence-electron chi connectivity index (χ0n) is 22.1. The monoisotopic (exact) mass is 547 g/mol. The maximum Gasteiger partial charge on any atom is 0.254 e. The molecule has 8 nitrogen and oxygen atoms in total. The average molecular weight is 548 g/mol. The van der Waals surface area contributed by atoms with Crippen LogP contribution in [-0.4, -0.2) is 68.2 Å². The zero-order valence-corrected chi connectivity index (χ0v) is 22.9. The Hall–Kier alpha value is -4.01. The molecule has 0 unspecified atom stereocenters. The highest BCUT2D eigenvalue weighted by atomic mass is 35.5. The van der Waals surface area contributed by atoms with Gasteiger partial charge in [0, 0.05) is 65.3 Å². The Kier molecular flexibility index (Phi) is 7.77. The predicted octanol–water partition coefficient (Wildman–Crippen LogP) is 4.83. The van der Waals surface area contributed by atoms with Crippen molar-refractivity contribution in [1.29, 1.82) is 0 Å². The second kappa shape index (κ2) is 11.4. The van der Waals surface area contributed by atoms with E-state index in [2.05, 4.69) is 9.88 Å². The third kappa shape index (κ3) is 5.30. The van der Waals surface area contributed by atoms with Crippen LogP contribution in [0.25, 0.3) is 22.0 Å². The highest BCUT2D eigenvalue weighted by Gasteiger charge is 2.26. The van der Waals surface area contributed by atoms with E-state index in [0.717, 1.165) is 22.0 Å². The van der Waals surface area contributed by atoms with Crippen molar-refractivity contribution in [2.45, 2.75) is 6.54 Å². The van der Waals surface area contributed by atoms with Gasteiger partial charge in [-0.1, -0.05) is 41.9 Å². The number of halogens is 1. The van der Waals surface area contributed by atoms with Gasteiger partial charge in [-0.25, -0.2) is 0 Å². The van der Waals surface area contributed by atoms with Crippen LogP contribution in [0.1, 0.15) is 15.9 Å². The third-order valence-electron chi connectivity index (χ3n) is 7.09. The summed E-state index contributed by atoms with van der Waals surface area (Å²) in [6.07, 6.45) is 0. The molecular weight excluding hydrogens is 518 g/mol. The van der Waals surface area contributed by atoms with Crippen molar-refractivity contribution in [3.8, 4) is 28.4 Å². The lowest BCUT2D eigenvalue weighted by Crippen LogP contribution is -2.48. The maximum absolute atomic E-state index is 13.4. The van der Waals surface area contributed by atoms with E-state index in [0.29, 0.717) is 66.1 Å². The normalized spacial score (nSPS) is 13.9. The third-order valence-corrected chi connectivity index (χ3v) is 7.33. The number of aromatic amines is 1. The van der Waals surface area contributed by atoms with Crippen LogP contribution in [0, 0.1) is 0 Å². The zero-order chi connectivity index (χ0) is 27.5. The van der Waals surface area contributed by atoms with Crippen molar-refractivity contribution >= 4 is 28.4 Å². The average Bonchev–Trinajstić information content (AvgIpc) is 2.97. The van der Waals surface area contributed by atoms with Gasteiger partial charge in [0.15, 0.2) is 11.5 Å².